The van der Waals surface area contributed by atoms with E-state index < -0.39 is 11.2 Å². The van der Waals surface area contributed by atoms with Gasteiger partial charge in [-0.3, -0.25) is 4.79 Å². The number of aromatic hydroxyl groups is 1. The van der Waals surface area contributed by atoms with Crippen molar-refractivity contribution in [1.82, 2.24) is 15.0 Å². The zero-order chi connectivity index (χ0) is 15.5. The van der Waals surface area contributed by atoms with Gasteiger partial charge in [-0.15, -0.1) is 5.10 Å². The Hall–Kier alpha value is -3.09. The van der Waals surface area contributed by atoms with E-state index in [1.165, 1.54) is 10.7 Å². The molecule has 7 heteroatoms. The Bertz CT molecular complexity index is 854. The Labute approximate surface area is 125 Å². The van der Waals surface area contributed by atoms with Gasteiger partial charge in [0.2, 0.25) is 5.43 Å². The zero-order valence-corrected chi connectivity index (χ0v) is 11.8. The predicted octanol–water partition coefficient (Wildman–Crippen LogP) is 1.66. The third-order valence-corrected chi connectivity index (χ3v) is 3.11. The number of benzene rings is 1. The molecule has 0 unspecified atom stereocenters. The second-order valence-electron chi connectivity index (χ2n) is 4.60. The average Bonchev–Trinajstić information content (AvgIpc) is 2.99. The van der Waals surface area contributed by atoms with Crippen molar-refractivity contribution in [3.63, 3.8) is 0 Å². The highest BCUT2D eigenvalue weighted by Gasteiger charge is 2.10. The van der Waals surface area contributed by atoms with Gasteiger partial charge >= 0.3 is 0 Å². The van der Waals surface area contributed by atoms with E-state index in [0.29, 0.717) is 17.2 Å². The van der Waals surface area contributed by atoms with Gasteiger partial charge in [-0.25, -0.2) is 4.68 Å². The van der Waals surface area contributed by atoms with Crippen molar-refractivity contribution in [2.24, 2.45) is 0 Å². The molecule has 0 saturated carbocycles. The molecule has 0 radical (unpaired) electrons. The van der Waals surface area contributed by atoms with Crippen LogP contribution < -0.4 is 10.2 Å². The van der Waals surface area contributed by atoms with Crippen molar-refractivity contribution < 1.29 is 14.3 Å². The number of hydrogen-bond acceptors (Lipinski definition) is 6. The van der Waals surface area contributed by atoms with Crippen molar-refractivity contribution in [3.05, 3.63) is 58.8 Å². The lowest BCUT2D eigenvalue weighted by Gasteiger charge is -2.04. The van der Waals surface area contributed by atoms with Gasteiger partial charge in [-0.05, 0) is 12.1 Å². The highest BCUT2D eigenvalue weighted by atomic mass is 16.5. The van der Waals surface area contributed by atoms with Gasteiger partial charge < -0.3 is 14.3 Å². The standard InChI is InChI=1S/C15H13N3O4/c1-21-15-5-3-2-4-11(15)12-8-18(17-16-12)7-10-6-13(19)14(20)9-22-10/h2-6,8-9,20H,7H2,1H3. The molecule has 0 fully saturated rings. The van der Waals surface area contributed by atoms with Crippen LogP contribution in [0.3, 0.4) is 0 Å². The van der Waals surface area contributed by atoms with E-state index >= 15 is 0 Å². The van der Waals surface area contributed by atoms with Gasteiger partial charge in [0.05, 0.1) is 13.3 Å². The Kier molecular flexibility index (Phi) is 3.61. The summed E-state index contributed by atoms with van der Waals surface area (Å²) in [6, 6.07) is 8.70. The van der Waals surface area contributed by atoms with Gasteiger partial charge in [-0.1, -0.05) is 17.3 Å². The molecule has 1 aromatic carbocycles. The van der Waals surface area contributed by atoms with Crippen molar-refractivity contribution in [1.29, 1.82) is 0 Å². The maximum absolute atomic E-state index is 11.4. The molecule has 0 aliphatic carbocycles. The molecule has 22 heavy (non-hydrogen) atoms. The van der Waals surface area contributed by atoms with E-state index in [0.717, 1.165) is 11.8 Å². The van der Waals surface area contributed by atoms with Gasteiger partial charge in [0, 0.05) is 11.6 Å². The maximum atomic E-state index is 11.4. The molecule has 0 bridgehead atoms. The van der Waals surface area contributed by atoms with Crippen molar-refractivity contribution >= 4 is 0 Å². The minimum Gasteiger partial charge on any atom is -0.502 e. The molecule has 0 spiro atoms. The summed E-state index contributed by atoms with van der Waals surface area (Å²) >= 11 is 0. The molecule has 2 heterocycles. The molecule has 0 amide bonds. The van der Waals surface area contributed by atoms with Crippen LogP contribution in [0.25, 0.3) is 11.3 Å². The average molecular weight is 299 g/mol. The highest BCUT2D eigenvalue weighted by molar-refractivity contribution is 5.65. The van der Waals surface area contributed by atoms with Crippen LogP contribution >= 0.6 is 0 Å². The number of ether oxygens (including phenoxy) is 1. The number of hydrogen-bond donors (Lipinski definition) is 1. The fourth-order valence-corrected chi connectivity index (χ4v) is 2.04. The second kappa shape index (κ2) is 5.72. The second-order valence-corrected chi connectivity index (χ2v) is 4.60. The Morgan fingerprint density at radius 3 is 2.95 bits per heavy atom. The molecule has 3 aromatic rings. The Morgan fingerprint density at radius 1 is 1.36 bits per heavy atom. The third-order valence-electron chi connectivity index (χ3n) is 3.11. The minimum absolute atomic E-state index is 0.234. The van der Waals surface area contributed by atoms with Crippen molar-refractivity contribution in [2.45, 2.75) is 6.54 Å². The summed E-state index contributed by atoms with van der Waals surface area (Å²) < 4.78 is 12.0. The number of rotatable bonds is 4. The van der Waals surface area contributed by atoms with Crippen LogP contribution in [-0.4, -0.2) is 27.2 Å². The molecule has 3 rings (SSSR count). The number of methoxy groups -OCH3 is 1. The van der Waals surface area contributed by atoms with Crippen LogP contribution in [0.5, 0.6) is 11.5 Å². The van der Waals surface area contributed by atoms with Crippen molar-refractivity contribution in [3.8, 4) is 22.8 Å². The van der Waals surface area contributed by atoms with E-state index in [-0.39, 0.29) is 6.54 Å². The first kappa shape index (κ1) is 13.9. The summed E-state index contributed by atoms with van der Waals surface area (Å²) in [4.78, 5) is 11.4. The molecule has 0 saturated heterocycles. The van der Waals surface area contributed by atoms with Gasteiger partial charge in [0.1, 0.15) is 30.0 Å². The maximum Gasteiger partial charge on any atom is 0.226 e. The molecule has 0 atom stereocenters. The molecule has 2 aromatic heterocycles. The highest BCUT2D eigenvalue weighted by Crippen LogP contribution is 2.27. The van der Waals surface area contributed by atoms with Crippen LogP contribution in [0, 0.1) is 0 Å². The summed E-state index contributed by atoms with van der Waals surface area (Å²) in [6.07, 6.45) is 2.74. The first-order chi connectivity index (χ1) is 10.7. The fraction of sp³-hybridized carbons (Fsp3) is 0.133. The molecule has 112 valence electrons. The van der Waals surface area contributed by atoms with E-state index in [4.69, 9.17) is 14.3 Å². The van der Waals surface area contributed by atoms with Gasteiger partial charge in [0.15, 0.2) is 5.75 Å². The quantitative estimate of drug-likeness (QED) is 0.788. The first-order valence-corrected chi connectivity index (χ1v) is 6.51. The van der Waals surface area contributed by atoms with E-state index in [2.05, 4.69) is 10.3 Å². The van der Waals surface area contributed by atoms with Crippen LogP contribution in [0.2, 0.25) is 0 Å². The normalized spacial score (nSPS) is 10.6. The monoisotopic (exact) mass is 299 g/mol. The summed E-state index contributed by atoms with van der Waals surface area (Å²) in [5.41, 5.74) is 0.980. The lowest BCUT2D eigenvalue weighted by atomic mass is 10.1. The summed E-state index contributed by atoms with van der Waals surface area (Å²) in [6.45, 7) is 0.234. The number of para-hydroxylation sites is 1. The topological polar surface area (TPSA) is 90.4 Å². The lowest BCUT2D eigenvalue weighted by Crippen LogP contribution is -2.05. The molecule has 7 nitrogen and oxygen atoms in total. The molecular weight excluding hydrogens is 286 g/mol. The summed E-state index contributed by atoms with van der Waals surface area (Å²) in [5.74, 6) is 0.655. The van der Waals surface area contributed by atoms with E-state index in [9.17, 15) is 4.79 Å². The summed E-state index contributed by atoms with van der Waals surface area (Å²) in [5, 5.41) is 17.3. The van der Waals surface area contributed by atoms with Gasteiger partial charge in [-0.2, -0.15) is 0 Å². The summed E-state index contributed by atoms with van der Waals surface area (Å²) in [7, 11) is 1.59. The first-order valence-electron chi connectivity index (χ1n) is 6.51. The third kappa shape index (κ3) is 2.69. The molecular formula is C15H13N3O4. The fourth-order valence-electron chi connectivity index (χ4n) is 2.04. The molecule has 0 aliphatic rings. The van der Waals surface area contributed by atoms with Gasteiger partial charge in [0.25, 0.3) is 0 Å². The minimum atomic E-state index is -0.494. The smallest absolute Gasteiger partial charge is 0.226 e. The SMILES string of the molecule is COc1ccccc1-c1cn(Cc2cc(=O)c(O)co2)nn1. The number of aromatic nitrogens is 3. The van der Waals surface area contributed by atoms with Crippen LogP contribution in [0.15, 0.2) is 52.0 Å². The van der Waals surface area contributed by atoms with Crippen LogP contribution in [0.1, 0.15) is 5.76 Å². The van der Waals surface area contributed by atoms with Crippen molar-refractivity contribution in [2.75, 3.05) is 7.11 Å². The predicted molar refractivity (Wildman–Crippen MR) is 77.8 cm³/mol. The van der Waals surface area contributed by atoms with Crippen LogP contribution in [0.4, 0.5) is 0 Å². The van der Waals surface area contributed by atoms with E-state index in [1.807, 2.05) is 24.3 Å². The number of nitrogens with zero attached hydrogens (tertiary/aromatic N) is 3. The molecule has 1 N–H and O–H groups in total. The molecule has 0 aliphatic heterocycles. The Morgan fingerprint density at radius 2 is 2.18 bits per heavy atom. The van der Waals surface area contributed by atoms with Crippen LogP contribution in [-0.2, 0) is 6.54 Å². The van der Waals surface area contributed by atoms with E-state index in [1.54, 1.807) is 13.3 Å². The largest absolute Gasteiger partial charge is 0.502 e. The zero-order valence-electron chi connectivity index (χ0n) is 11.8. The Balaban J connectivity index is 1.87. The lowest BCUT2D eigenvalue weighted by molar-refractivity contribution is 0.403.